The van der Waals surface area contributed by atoms with E-state index >= 15 is 0 Å². The van der Waals surface area contributed by atoms with Crippen LogP contribution in [-0.4, -0.2) is 34.3 Å². The smallest absolute Gasteiger partial charge is 0.331 e. The summed E-state index contributed by atoms with van der Waals surface area (Å²) in [6.45, 7) is 0.000504. The number of thioether (sulfide) groups is 1. The molecule has 2 rings (SSSR count). The molecular weight excluding hydrogens is 337 g/mol. The Balaban J connectivity index is 1.91. The lowest BCUT2D eigenvalue weighted by molar-refractivity contribution is -0.186. The van der Waals surface area contributed by atoms with Gasteiger partial charge >= 0.3 is 12.1 Å². The third kappa shape index (κ3) is 5.88. The van der Waals surface area contributed by atoms with Crippen molar-refractivity contribution in [3.63, 3.8) is 0 Å². The van der Waals surface area contributed by atoms with Gasteiger partial charge in [-0.15, -0.1) is 11.8 Å². The van der Waals surface area contributed by atoms with Crippen molar-refractivity contribution in [1.82, 2.24) is 9.88 Å². The van der Waals surface area contributed by atoms with Gasteiger partial charge in [0.1, 0.15) is 0 Å². The summed E-state index contributed by atoms with van der Waals surface area (Å²) in [5.41, 5.74) is 0.674. The average Bonchev–Trinajstić information content (AvgIpc) is 2.58. The number of hydrogen-bond donors (Lipinski definition) is 0. The molecule has 0 atom stereocenters. The summed E-state index contributed by atoms with van der Waals surface area (Å²) in [6.07, 6.45) is -2.74. The van der Waals surface area contributed by atoms with E-state index in [-0.39, 0.29) is 13.1 Å². The fourth-order valence-corrected chi connectivity index (χ4v) is 2.89. The first-order chi connectivity index (χ1) is 11.5. The minimum atomic E-state index is -4.86. The molecule has 0 aliphatic heterocycles. The lowest BCUT2D eigenvalue weighted by Gasteiger charge is -2.23. The zero-order valence-electron chi connectivity index (χ0n) is 12.9. The van der Waals surface area contributed by atoms with E-state index in [0.29, 0.717) is 17.7 Å². The molecule has 0 fully saturated rings. The SMILES string of the molecule is O=C(N(CCCSc1ccccn1)Cc1ccccc1)C(F)(F)F. The zero-order chi connectivity index (χ0) is 17.4. The summed E-state index contributed by atoms with van der Waals surface area (Å²) in [7, 11) is 0. The molecule has 1 heterocycles. The van der Waals surface area contributed by atoms with Crippen LogP contribution >= 0.6 is 11.8 Å². The van der Waals surface area contributed by atoms with E-state index in [0.717, 1.165) is 9.93 Å². The highest BCUT2D eigenvalue weighted by Gasteiger charge is 2.42. The van der Waals surface area contributed by atoms with Crippen molar-refractivity contribution in [1.29, 1.82) is 0 Å². The number of aromatic nitrogens is 1. The highest BCUT2D eigenvalue weighted by atomic mass is 32.2. The van der Waals surface area contributed by atoms with Crippen LogP contribution in [0.4, 0.5) is 13.2 Å². The van der Waals surface area contributed by atoms with Crippen LogP contribution in [0.2, 0.25) is 0 Å². The molecule has 0 bridgehead atoms. The first-order valence-electron chi connectivity index (χ1n) is 7.40. The summed E-state index contributed by atoms with van der Waals surface area (Å²) in [6, 6.07) is 14.2. The Hall–Kier alpha value is -2.02. The van der Waals surface area contributed by atoms with Gasteiger partial charge in [-0.05, 0) is 24.1 Å². The topological polar surface area (TPSA) is 33.2 Å². The zero-order valence-corrected chi connectivity index (χ0v) is 13.7. The fraction of sp³-hybridized carbons (Fsp3) is 0.294. The van der Waals surface area contributed by atoms with Gasteiger partial charge in [-0.3, -0.25) is 4.79 Å². The highest BCUT2D eigenvalue weighted by Crippen LogP contribution is 2.21. The monoisotopic (exact) mass is 354 g/mol. The lowest BCUT2D eigenvalue weighted by Crippen LogP contribution is -2.41. The average molecular weight is 354 g/mol. The van der Waals surface area contributed by atoms with E-state index in [9.17, 15) is 18.0 Å². The molecule has 24 heavy (non-hydrogen) atoms. The molecule has 1 aromatic carbocycles. The minimum Gasteiger partial charge on any atom is -0.331 e. The molecule has 1 amide bonds. The van der Waals surface area contributed by atoms with Crippen molar-refractivity contribution < 1.29 is 18.0 Å². The number of nitrogens with zero attached hydrogens (tertiary/aromatic N) is 2. The third-order valence-corrected chi connectivity index (χ3v) is 4.24. The Morgan fingerprint density at radius 3 is 2.42 bits per heavy atom. The second-order valence-corrected chi connectivity index (χ2v) is 6.20. The summed E-state index contributed by atoms with van der Waals surface area (Å²) in [5, 5.41) is 0.814. The van der Waals surface area contributed by atoms with Crippen LogP contribution in [0, 0.1) is 0 Å². The van der Waals surface area contributed by atoms with Gasteiger partial charge < -0.3 is 4.90 Å². The van der Waals surface area contributed by atoms with Gasteiger partial charge in [0.25, 0.3) is 0 Å². The normalized spacial score (nSPS) is 11.3. The molecule has 7 heteroatoms. The van der Waals surface area contributed by atoms with Crippen LogP contribution in [0.25, 0.3) is 0 Å². The van der Waals surface area contributed by atoms with Crippen LogP contribution in [0.3, 0.4) is 0 Å². The predicted molar refractivity (Wildman–Crippen MR) is 87.5 cm³/mol. The highest BCUT2D eigenvalue weighted by molar-refractivity contribution is 7.99. The van der Waals surface area contributed by atoms with Gasteiger partial charge in [0, 0.05) is 25.0 Å². The molecule has 0 N–H and O–H groups in total. The quantitative estimate of drug-likeness (QED) is 0.553. The van der Waals surface area contributed by atoms with Crippen LogP contribution in [-0.2, 0) is 11.3 Å². The van der Waals surface area contributed by atoms with Crippen molar-refractivity contribution in [2.75, 3.05) is 12.3 Å². The summed E-state index contributed by atoms with van der Waals surface area (Å²) >= 11 is 1.46. The molecule has 0 saturated heterocycles. The van der Waals surface area contributed by atoms with Crippen molar-refractivity contribution >= 4 is 17.7 Å². The standard InChI is InChI=1S/C17H17F3N2OS/c18-17(19,20)16(23)22(13-14-7-2-1-3-8-14)11-6-12-24-15-9-4-5-10-21-15/h1-5,7-10H,6,11-13H2. The van der Waals surface area contributed by atoms with Crippen molar-refractivity contribution in [3.8, 4) is 0 Å². The Kier molecular flexibility index (Phi) is 6.66. The first-order valence-corrected chi connectivity index (χ1v) is 8.39. The molecule has 0 aliphatic carbocycles. The second-order valence-electron chi connectivity index (χ2n) is 5.08. The predicted octanol–water partition coefficient (Wildman–Crippen LogP) is 4.15. The summed E-state index contributed by atoms with van der Waals surface area (Å²) in [4.78, 5) is 16.6. The van der Waals surface area contributed by atoms with Gasteiger partial charge in [-0.2, -0.15) is 13.2 Å². The van der Waals surface area contributed by atoms with Crippen LogP contribution in [0.5, 0.6) is 0 Å². The number of amides is 1. The third-order valence-electron chi connectivity index (χ3n) is 3.21. The van der Waals surface area contributed by atoms with E-state index < -0.39 is 12.1 Å². The van der Waals surface area contributed by atoms with Crippen molar-refractivity contribution in [2.24, 2.45) is 0 Å². The molecule has 0 unspecified atom stereocenters. The van der Waals surface area contributed by atoms with Crippen LogP contribution in [0.1, 0.15) is 12.0 Å². The maximum absolute atomic E-state index is 12.8. The molecular formula is C17H17F3N2OS. The van der Waals surface area contributed by atoms with E-state index in [1.165, 1.54) is 11.8 Å². The van der Waals surface area contributed by atoms with Gasteiger partial charge in [0.2, 0.25) is 0 Å². The van der Waals surface area contributed by atoms with E-state index in [1.807, 2.05) is 12.1 Å². The van der Waals surface area contributed by atoms with Gasteiger partial charge in [-0.25, -0.2) is 4.98 Å². The number of benzene rings is 1. The first kappa shape index (κ1) is 18.3. The molecule has 0 spiro atoms. The maximum Gasteiger partial charge on any atom is 0.471 e. The van der Waals surface area contributed by atoms with E-state index in [1.54, 1.807) is 42.6 Å². The molecule has 1 aromatic heterocycles. The van der Waals surface area contributed by atoms with Gasteiger partial charge in [-0.1, -0.05) is 36.4 Å². The minimum absolute atomic E-state index is 0.0482. The summed E-state index contributed by atoms with van der Waals surface area (Å²) < 4.78 is 38.3. The van der Waals surface area contributed by atoms with Crippen LogP contribution < -0.4 is 0 Å². The number of alkyl halides is 3. The molecule has 0 saturated carbocycles. The number of carbonyl (C=O) groups is 1. The van der Waals surface area contributed by atoms with Gasteiger partial charge in [0.15, 0.2) is 0 Å². The molecule has 128 valence electrons. The van der Waals surface area contributed by atoms with Gasteiger partial charge in [0.05, 0.1) is 5.03 Å². The molecule has 0 aliphatic rings. The Morgan fingerprint density at radius 2 is 1.79 bits per heavy atom. The molecule has 2 aromatic rings. The number of hydrogen-bond acceptors (Lipinski definition) is 3. The Labute approximate surface area is 142 Å². The van der Waals surface area contributed by atoms with Crippen molar-refractivity contribution in [3.05, 3.63) is 60.3 Å². The Bertz CT molecular complexity index is 635. The Morgan fingerprint density at radius 1 is 1.08 bits per heavy atom. The van der Waals surface area contributed by atoms with E-state index in [4.69, 9.17) is 0 Å². The number of carbonyl (C=O) groups excluding carboxylic acids is 1. The summed E-state index contributed by atoms with van der Waals surface area (Å²) in [5.74, 6) is -1.21. The molecule has 0 radical (unpaired) electrons. The largest absolute Gasteiger partial charge is 0.471 e. The van der Waals surface area contributed by atoms with Crippen LogP contribution in [0.15, 0.2) is 59.8 Å². The maximum atomic E-state index is 12.8. The lowest BCUT2D eigenvalue weighted by atomic mass is 10.2. The number of rotatable bonds is 7. The van der Waals surface area contributed by atoms with E-state index in [2.05, 4.69) is 4.98 Å². The fourth-order valence-electron chi connectivity index (χ4n) is 2.10. The van der Waals surface area contributed by atoms with Crippen molar-refractivity contribution in [2.45, 2.75) is 24.2 Å². The second kappa shape index (κ2) is 8.73. The number of pyridine rings is 1. The number of halogens is 3. The molecule has 3 nitrogen and oxygen atoms in total.